The molecule has 0 saturated carbocycles. The van der Waals surface area contributed by atoms with E-state index in [2.05, 4.69) is 26.6 Å². The molecule has 1 aromatic carbocycles. The Balaban J connectivity index is 1.96. The van der Waals surface area contributed by atoms with Gasteiger partial charge in [0.15, 0.2) is 0 Å². The number of benzene rings is 1. The largest absolute Gasteiger partial charge is 0.317 e. The van der Waals surface area contributed by atoms with E-state index < -0.39 is 0 Å². The third-order valence-corrected chi connectivity index (χ3v) is 3.18. The SMILES string of the molecule is CC(C)/C=N/Nc1nc2c([nH]c1=O)-c1ccccc1C2. The first-order valence-corrected chi connectivity index (χ1v) is 6.66. The molecule has 102 valence electrons. The highest BCUT2D eigenvalue weighted by atomic mass is 16.1. The summed E-state index contributed by atoms with van der Waals surface area (Å²) in [6, 6.07) is 8.02. The van der Waals surface area contributed by atoms with Crippen molar-refractivity contribution in [3.63, 3.8) is 0 Å². The van der Waals surface area contributed by atoms with E-state index in [0.29, 0.717) is 5.92 Å². The summed E-state index contributed by atoms with van der Waals surface area (Å²) < 4.78 is 0. The highest BCUT2D eigenvalue weighted by Gasteiger charge is 2.21. The molecule has 0 fully saturated rings. The minimum Gasteiger partial charge on any atom is -0.317 e. The molecule has 0 radical (unpaired) electrons. The van der Waals surface area contributed by atoms with E-state index in [1.54, 1.807) is 6.21 Å². The number of aromatic nitrogens is 2. The Kier molecular flexibility index (Phi) is 3.10. The first kappa shape index (κ1) is 12.6. The molecular weight excluding hydrogens is 252 g/mol. The maximum atomic E-state index is 12.0. The molecule has 0 amide bonds. The molecule has 2 aromatic rings. The van der Waals surface area contributed by atoms with Gasteiger partial charge in [0.05, 0.1) is 11.4 Å². The summed E-state index contributed by atoms with van der Waals surface area (Å²) in [6.45, 7) is 4.03. The Bertz CT molecular complexity index is 731. The van der Waals surface area contributed by atoms with Gasteiger partial charge < -0.3 is 4.98 Å². The molecule has 20 heavy (non-hydrogen) atoms. The molecule has 1 aliphatic rings. The summed E-state index contributed by atoms with van der Waals surface area (Å²) in [4.78, 5) is 19.3. The summed E-state index contributed by atoms with van der Waals surface area (Å²) in [5, 5.41) is 4.02. The molecule has 0 spiro atoms. The monoisotopic (exact) mass is 268 g/mol. The maximum absolute atomic E-state index is 12.0. The molecule has 2 N–H and O–H groups in total. The Morgan fingerprint density at radius 2 is 2.20 bits per heavy atom. The fraction of sp³-hybridized carbons (Fsp3) is 0.267. The first-order chi connectivity index (χ1) is 9.65. The molecule has 1 aromatic heterocycles. The second-order valence-electron chi connectivity index (χ2n) is 5.20. The molecule has 0 aliphatic heterocycles. The van der Waals surface area contributed by atoms with Crippen molar-refractivity contribution in [3.05, 3.63) is 45.9 Å². The molecule has 0 bridgehead atoms. The van der Waals surface area contributed by atoms with Crippen LogP contribution in [0.5, 0.6) is 0 Å². The highest BCUT2D eigenvalue weighted by molar-refractivity contribution is 5.72. The van der Waals surface area contributed by atoms with Gasteiger partial charge in [-0.2, -0.15) is 5.10 Å². The minimum absolute atomic E-state index is 0.244. The van der Waals surface area contributed by atoms with Crippen LogP contribution >= 0.6 is 0 Å². The topological polar surface area (TPSA) is 70.1 Å². The van der Waals surface area contributed by atoms with Gasteiger partial charge in [0.25, 0.3) is 5.56 Å². The number of nitrogens with zero attached hydrogens (tertiary/aromatic N) is 2. The molecule has 0 atom stereocenters. The van der Waals surface area contributed by atoms with Gasteiger partial charge in [0.2, 0.25) is 5.82 Å². The van der Waals surface area contributed by atoms with Crippen LogP contribution in [0.4, 0.5) is 5.82 Å². The zero-order valence-electron chi connectivity index (χ0n) is 11.5. The van der Waals surface area contributed by atoms with Crippen molar-refractivity contribution in [2.24, 2.45) is 11.0 Å². The standard InChI is InChI=1S/C15H16N4O/c1-9(2)8-16-19-14-15(20)18-13-11-6-4-3-5-10(11)7-12(13)17-14/h3-6,8-9H,7H2,1-2H3,(H,17,19)(H,18,20)/b16-8+. The van der Waals surface area contributed by atoms with E-state index in [9.17, 15) is 4.79 Å². The highest BCUT2D eigenvalue weighted by Crippen LogP contribution is 2.32. The lowest BCUT2D eigenvalue weighted by molar-refractivity contribution is 0.902. The Morgan fingerprint density at radius 1 is 1.40 bits per heavy atom. The van der Waals surface area contributed by atoms with Crippen LogP contribution in [-0.4, -0.2) is 16.2 Å². The number of hydrogen-bond acceptors (Lipinski definition) is 4. The van der Waals surface area contributed by atoms with Crippen molar-refractivity contribution in [1.82, 2.24) is 9.97 Å². The smallest absolute Gasteiger partial charge is 0.293 e. The van der Waals surface area contributed by atoms with Crippen LogP contribution < -0.4 is 11.0 Å². The van der Waals surface area contributed by atoms with Crippen molar-refractivity contribution < 1.29 is 0 Å². The van der Waals surface area contributed by atoms with Crippen LogP contribution in [0.15, 0.2) is 34.2 Å². The van der Waals surface area contributed by atoms with Gasteiger partial charge >= 0.3 is 0 Å². The van der Waals surface area contributed by atoms with E-state index in [1.807, 2.05) is 32.0 Å². The van der Waals surface area contributed by atoms with Gasteiger partial charge in [-0.3, -0.25) is 10.2 Å². The van der Waals surface area contributed by atoms with Crippen molar-refractivity contribution in [3.8, 4) is 11.3 Å². The van der Waals surface area contributed by atoms with E-state index in [4.69, 9.17) is 0 Å². The van der Waals surface area contributed by atoms with Crippen molar-refractivity contribution in [2.75, 3.05) is 5.43 Å². The van der Waals surface area contributed by atoms with Gasteiger partial charge in [0, 0.05) is 18.2 Å². The molecule has 3 rings (SSSR count). The van der Waals surface area contributed by atoms with Crippen molar-refractivity contribution >= 4 is 12.0 Å². The lowest BCUT2D eigenvalue weighted by atomic mass is 10.1. The van der Waals surface area contributed by atoms with Crippen molar-refractivity contribution in [1.29, 1.82) is 0 Å². The number of fused-ring (bicyclic) bond motifs is 3. The van der Waals surface area contributed by atoms with E-state index in [1.165, 1.54) is 5.56 Å². The Morgan fingerprint density at radius 3 is 3.00 bits per heavy atom. The number of hydrazone groups is 1. The van der Waals surface area contributed by atoms with Gasteiger partial charge in [-0.25, -0.2) is 4.98 Å². The van der Waals surface area contributed by atoms with Gasteiger partial charge in [0.1, 0.15) is 0 Å². The maximum Gasteiger partial charge on any atom is 0.293 e. The number of anilines is 1. The van der Waals surface area contributed by atoms with E-state index >= 15 is 0 Å². The van der Waals surface area contributed by atoms with Crippen molar-refractivity contribution in [2.45, 2.75) is 20.3 Å². The lowest BCUT2D eigenvalue weighted by Crippen LogP contribution is -2.15. The summed E-state index contributed by atoms with van der Waals surface area (Å²) in [5.74, 6) is 0.564. The van der Waals surface area contributed by atoms with Gasteiger partial charge in [-0.05, 0) is 11.5 Å². The third-order valence-electron chi connectivity index (χ3n) is 3.18. The molecule has 5 heteroatoms. The van der Waals surface area contributed by atoms with Crippen LogP contribution in [0.2, 0.25) is 0 Å². The number of aromatic amines is 1. The third kappa shape index (κ3) is 2.22. The van der Waals surface area contributed by atoms with Crippen LogP contribution in [0.25, 0.3) is 11.3 Å². The number of H-pyrrole nitrogens is 1. The predicted molar refractivity (Wildman–Crippen MR) is 80.1 cm³/mol. The van der Waals surface area contributed by atoms with Crippen LogP contribution in [0, 0.1) is 5.92 Å². The molecule has 5 nitrogen and oxygen atoms in total. The van der Waals surface area contributed by atoms with Crippen LogP contribution in [0.1, 0.15) is 25.1 Å². The predicted octanol–water partition coefficient (Wildman–Crippen LogP) is 2.39. The fourth-order valence-electron chi connectivity index (χ4n) is 2.26. The van der Waals surface area contributed by atoms with Gasteiger partial charge in [-0.1, -0.05) is 38.1 Å². The summed E-state index contributed by atoms with van der Waals surface area (Å²) in [7, 11) is 0. The Labute approximate surface area is 116 Å². The normalized spacial score (nSPS) is 12.8. The van der Waals surface area contributed by atoms with E-state index in [-0.39, 0.29) is 11.4 Å². The second-order valence-corrected chi connectivity index (χ2v) is 5.20. The molecule has 1 aliphatic carbocycles. The minimum atomic E-state index is -0.249. The summed E-state index contributed by atoms with van der Waals surface area (Å²) in [5.41, 5.74) is 6.42. The van der Waals surface area contributed by atoms with E-state index in [0.717, 1.165) is 23.4 Å². The van der Waals surface area contributed by atoms with Crippen LogP contribution in [-0.2, 0) is 6.42 Å². The lowest BCUT2D eigenvalue weighted by Gasteiger charge is -2.03. The van der Waals surface area contributed by atoms with Gasteiger partial charge in [-0.15, -0.1) is 0 Å². The number of hydrogen-bond donors (Lipinski definition) is 2. The molecular formula is C15H16N4O. The molecule has 0 saturated heterocycles. The average molecular weight is 268 g/mol. The zero-order chi connectivity index (χ0) is 14.1. The molecule has 0 unspecified atom stereocenters. The molecule has 1 heterocycles. The number of nitrogens with one attached hydrogen (secondary N) is 2. The van der Waals surface area contributed by atoms with Crippen LogP contribution in [0.3, 0.4) is 0 Å². The zero-order valence-corrected chi connectivity index (χ0v) is 11.5. The average Bonchev–Trinajstić information content (AvgIpc) is 2.76. The number of rotatable bonds is 3. The second kappa shape index (κ2) is 4.92. The summed E-state index contributed by atoms with van der Waals surface area (Å²) in [6.07, 6.45) is 2.48. The quantitative estimate of drug-likeness (QED) is 0.566. The fourth-order valence-corrected chi connectivity index (χ4v) is 2.26. The summed E-state index contributed by atoms with van der Waals surface area (Å²) >= 11 is 0. The first-order valence-electron chi connectivity index (χ1n) is 6.66. The Hall–Kier alpha value is -2.43.